The molecule has 0 amide bonds. The van der Waals surface area contributed by atoms with E-state index in [1.165, 1.54) is 0 Å². The lowest BCUT2D eigenvalue weighted by Crippen LogP contribution is -2.70. The summed E-state index contributed by atoms with van der Waals surface area (Å²) in [5.74, 6) is 0. The van der Waals surface area contributed by atoms with E-state index in [0.717, 1.165) is 0 Å². The Labute approximate surface area is 708 Å². The van der Waals surface area contributed by atoms with Gasteiger partial charge < -0.3 is 166 Å². The van der Waals surface area contributed by atoms with Crippen molar-refractivity contribution in [3.63, 3.8) is 0 Å². The predicted molar refractivity (Wildman–Crippen MR) is 426 cm³/mol. The molecule has 0 N–H and O–H groups in total. The average molecular weight is 1720 g/mol. The number of hydrogen-bond donors (Lipinski definition) is 0. The maximum absolute atomic E-state index is 7.47. The molecule has 21 rings (SSSR count). The molecule has 0 aromatic carbocycles. The standard InChI is InChI=1S/C84H154O35/c1-22-85-43-50-57-64(92-29-8)71(99-36-15)78(106-50)114-58-51(44-86-23-2)108-80(73(101-38-17)65(58)93-30-9)116-60-53(46-88-25-4)110-82(75(103-40-19)67(60)95-32-11)118-62-55(48-90-27-6)112-84(77(105-42-21)69(62)97-34-13)119-63-56(49-91-28-7)111-83(76(104-41-20)70(63)98-35-14)117-61-54(47-89-26-5)109-81(74(102-39-18)68(61)96-33-12)115-59-52(45-87-24-3)107-79(113-57)72(100-37-16)66(59)94-31-10/h50-84H,22-49H2,1-21H3/t50-,51-,52-,53-,54-,55-,56-,57-,58-,59-,60-,61-,62-,63-,64+,65+,66+,67+,68+,69+,70+,71-,72-,73-,74-,75-,76-,77+,78-,79-,80-,81-,82-,83-,84-/m1/s1. The van der Waals surface area contributed by atoms with Crippen LogP contribution in [0, 0.1) is 0 Å². The molecule has 0 unspecified atom stereocenters. The van der Waals surface area contributed by atoms with E-state index in [4.69, 9.17) is 166 Å². The first kappa shape index (κ1) is 103. The van der Waals surface area contributed by atoms with Crippen LogP contribution in [-0.4, -0.2) is 400 Å². The highest BCUT2D eigenvalue weighted by atomic mass is 16.8. The highest BCUT2D eigenvalue weighted by Crippen LogP contribution is 2.44. The minimum Gasteiger partial charge on any atom is -0.379 e. The lowest BCUT2D eigenvalue weighted by molar-refractivity contribution is -0.407. The van der Waals surface area contributed by atoms with E-state index in [0.29, 0.717) is 46.2 Å². The predicted octanol–water partition coefficient (Wildman–Crippen LogP) is 6.70. The summed E-state index contributed by atoms with van der Waals surface area (Å²) in [7, 11) is 0. The van der Waals surface area contributed by atoms with Gasteiger partial charge in [0.25, 0.3) is 0 Å². The maximum atomic E-state index is 7.47. The second kappa shape index (κ2) is 56.1. The van der Waals surface area contributed by atoms with Crippen LogP contribution in [0.4, 0.5) is 0 Å². The van der Waals surface area contributed by atoms with Gasteiger partial charge >= 0.3 is 0 Å². The summed E-state index contributed by atoms with van der Waals surface area (Å²) in [6, 6.07) is 0. The molecule has 21 aliphatic heterocycles. The summed E-state index contributed by atoms with van der Waals surface area (Å²) in [6.07, 6.45) is -35.7. The molecule has 21 saturated heterocycles. The van der Waals surface area contributed by atoms with Gasteiger partial charge in [0.15, 0.2) is 44.0 Å². The van der Waals surface area contributed by atoms with Crippen molar-refractivity contribution in [1.29, 1.82) is 0 Å². The minimum absolute atomic E-state index is 0.00152. The van der Waals surface area contributed by atoms with Gasteiger partial charge in [-0.25, -0.2) is 0 Å². The molecule has 0 spiro atoms. The average Bonchev–Trinajstić information content (AvgIpc) is 0.793. The van der Waals surface area contributed by atoms with Crippen LogP contribution in [0.3, 0.4) is 0 Å². The Morgan fingerprint density at radius 1 is 0.126 bits per heavy atom. The minimum atomic E-state index is -1.22. The molecule has 35 nitrogen and oxygen atoms in total. The highest BCUT2D eigenvalue weighted by molar-refractivity contribution is 5.05. The summed E-state index contributed by atoms with van der Waals surface area (Å²) in [4.78, 5) is 0. The van der Waals surface area contributed by atoms with Gasteiger partial charge in [-0.2, -0.15) is 0 Å². The van der Waals surface area contributed by atoms with Gasteiger partial charge in [0.1, 0.15) is 171 Å². The van der Waals surface area contributed by atoms with Gasteiger partial charge in [-0.05, 0) is 145 Å². The maximum Gasteiger partial charge on any atom is 0.187 e. The van der Waals surface area contributed by atoms with Crippen LogP contribution in [0.5, 0.6) is 0 Å². The molecule has 21 heterocycles. The quantitative estimate of drug-likeness (QED) is 0.0611. The molecule has 14 bridgehead atoms. The molecule has 700 valence electrons. The van der Waals surface area contributed by atoms with Gasteiger partial charge in [0.05, 0.1) is 46.2 Å². The van der Waals surface area contributed by atoms with E-state index in [1.807, 2.05) is 145 Å². The summed E-state index contributed by atoms with van der Waals surface area (Å²) in [6.45, 7) is 44.9. The second-order valence-corrected chi connectivity index (χ2v) is 29.0. The van der Waals surface area contributed by atoms with Crippen LogP contribution in [0.25, 0.3) is 0 Å². The molecule has 0 aliphatic carbocycles. The Balaban J connectivity index is 1.36. The van der Waals surface area contributed by atoms with Crippen LogP contribution >= 0.6 is 0 Å². The largest absolute Gasteiger partial charge is 0.379 e. The molecule has 35 heteroatoms. The van der Waals surface area contributed by atoms with Gasteiger partial charge in [-0.1, -0.05) is 0 Å². The van der Waals surface area contributed by atoms with E-state index >= 15 is 0 Å². The van der Waals surface area contributed by atoms with E-state index in [9.17, 15) is 0 Å². The van der Waals surface area contributed by atoms with Crippen molar-refractivity contribution < 1.29 is 166 Å². The Morgan fingerprint density at radius 3 is 0.319 bits per heavy atom. The van der Waals surface area contributed by atoms with E-state index in [2.05, 4.69) is 0 Å². The van der Waals surface area contributed by atoms with Crippen molar-refractivity contribution in [3.8, 4) is 0 Å². The lowest BCUT2D eigenvalue weighted by atomic mass is 9.94. The van der Waals surface area contributed by atoms with Crippen LogP contribution in [0.15, 0.2) is 0 Å². The molecule has 21 aliphatic rings. The molecule has 119 heavy (non-hydrogen) atoms. The fourth-order valence-electron chi connectivity index (χ4n) is 17.0. The summed E-state index contributed by atoms with van der Waals surface area (Å²) in [5.41, 5.74) is 0. The Kier molecular flexibility index (Phi) is 48.6. The Hall–Kier alpha value is -1.40. The van der Waals surface area contributed by atoms with Gasteiger partial charge in [-0.15, -0.1) is 0 Å². The van der Waals surface area contributed by atoms with Gasteiger partial charge in [-0.3, -0.25) is 0 Å². The topological polar surface area (TPSA) is 323 Å². The third-order valence-electron chi connectivity index (χ3n) is 21.6. The monoisotopic (exact) mass is 1720 g/mol. The molecule has 0 saturated carbocycles. The van der Waals surface area contributed by atoms with E-state index in [-0.39, 0.29) is 139 Å². The van der Waals surface area contributed by atoms with Crippen molar-refractivity contribution in [2.75, 3.05) is 185 Å². The summed E-state index contributed by atoms with van der Waals surface area (Å²) >= 11 is 0. The molecular weight excluding hydrogens is 1570 g/mol. The van der Waals surface area contributed by atoms with Crippen LogP contribution < -0.4 is 0 Å². The summed E-state index contributed by atoms with van der Waals surface area (Å²) < 4.78 is 244. The fraction of sp³-hybridized carbons (Fsp3) is 1.00. The fourth-order valence-corrected chi connectivity index (χ4v) is 17.0. The molecule has 0 aromatic heterocycles. The smallest absolute Gasteiger partial charge is 0.187 e. The zero-order chi connectivity index (χ0) is 85.8. The molecular formula is C84H154O35. The first-order valence-corrected chi connectivity index (χ1v) is 45.0. The van der Waals surface area contributed by atoms with E-state index in [1.54, 1.807) is 0 Å². The van der Waals surface area contributed by atoms with Crippen molar-refractivity contribution >= 4 is 0 Å². The number of ether oxygens (including phenoxy) is 35. The summed E-state index contributed by atoms with van der Waals surface area (Å²) in [5, 5.41) is 0. The molecule has 21 fully saturated rings. The molecule has 0 radical (unpaired) electrons. The Morgan fingerprint density at radius 2 is 0.227 bits per heavy atom. The van der Waals surface area contributed by atoms with Crippen LogP contribution in [0.2, 0.25) is 0 Å². The Bertz CT molecular complexity index is 2120. The van der Waals surface area contributed by atoms with Crippen LogP contribution in [0.1, 0.15) is 145 Å². The lowest BCUT2D eigenvalue weighted by Gasteiger charge is -2.53. The van der Waals surface area contributed by atoms with Crippen molar-refractivity contribution in [2.45, 2.75) is 360 Å². The highest BCUT2D eigenvalue weighted by Gasteiger charge is 2.63. The SMILES string of the molecule is CCOC[C@H]1O[C@@H]2O[C@H]3[C@H](OCC)[C@@H](OCC)[C@@H](O[C@H]4[C@H](OCC)[C@@H](OCC)[C@@H](O[C@H]5[C@H](OCC)[C@@H](OCC)[C@@H](O[C@H]6[C@H](OCC)[C@@H](OCC)[C@@H](O[C@H]7[C@H](OCC)[C@@H](OCC)[C@@H](O[C@H]8[C@H](OCC)[C@@H](OCC)[C@@H](O[C@H]1[C@H](OCC)[C@@H]2OCC)O[C@@H]8COCC)O[C@@H]7COCC)O[C@@H]6COCC)O[C@@H]5COCC)O[C@@H]4COCC)O[C@@H]3COCC. The third kappa shape index (κ3) is 27.4. The second-order valence-electron chi connectivity index (χ2n) is 29.0. The zero-order valence-electron chi connectivity index (χ0n) is 75.3. The third-order valence-corrected chi connectivity index (χ3v) is 21.6. The van der Waals surface area contributed by atoms with E-state index < -0.39 is 215 Å². The first-order valence-electron chi connectivity index (χ1n) is 45.0. The normalized spacial score (nSPS) is 40.1. The zero-order valence-corrected chi connectivity index (χ0v) is 75.3. The van der Waals surface area contributed by atoms with Gasteiger partial charge in [0.2, 0.25) is 0 Å². The van der Waals surface area contributed by atoms with Crippen molar-refractivity contribution in [1.82, 2.24) is 0 Å². The van der Waals surface area contributed by atoms with Gasteiger partial charge in [0, 0.05) is 139 Å². The van der Waals surface area contributed by atoms with Crippen LogP contribution in [-0.2, 0) is 166 Å². The van der Waals surface area contributed by atoms with Crippen molar-refractivity contribution in [2.24, 2.45) is 0 Å². The molecule has 0 aromatic rings. The first-order chi connectivity index (χ1) is 58.2. The number of rotatable bonds is 49. The number of hydrogen-bond acceptors (Lipinski definition) is 35. The molecule has 35 atom stereocenters. The van der Waals surface area contributed by atoms with Crippen molar-refractivity contribution in [3.05, 3.63) is 0 Å².